The molecule has 0 unspecified atom stereocenters. The molecule has 1 saturated heterocycles. The second-order valence-electron chi connectivity index (χ2n) is 6.45. The maximum absolute atomic E-state index is 14.2. The van der Waals surface area contributed by atoms with Crippen LogP contribution in [0.25, 0.3) is 0 Å². The zero-order valence-corrected chi connectivity index (χ0v) is 13.1. The topological polar surface area (TPSA) is 41.6 Å². The normalized spacial score (nSPS) is 24.3. The number of hydrogen-bond donors (Lipinski definition) is 1. The predicted molar refractivity (Wildman–Crippen MR) is 82.1 cm³/mol. The van der Waals surface area contributed by atoms with E-state index in [1.165, 1.54) is 12.1 Å². The summed E-state index contributed by atoms with van der Waals surface area (Å²) in [5.74, 6) is -0.443. The summed E-state index contributed by atoms with van der Waals surface area (Å²) in [7, 11) is 0. The molecule has 0 bridgehead atoms. The van der Waals surface area contributed by atoms with Gasteiger partial charge in [0.05, 0.1) is 6.10 Å². The van der Waals surface area contributed by atoms with Crippen LogP contribution in [0, 0.1) is 17.6 Å². The summed E-state index contributed by atoms with van der Waals surface area (Å²) in [5, 5.41) is 2.63. The Hall–Kier alpha value is -1.69. The molecule has 1 heterocycles. The highest BCUT2D eigenvalue weighted by atomic mass is 19.1. The van der Waals surface area contributed by atoms with Crippen LogP contribution in [0.5, 0.6) is 5.75 Å². The Kier molecular flexibility index (Phi) is 5.10. The largest absolute Gasteiger partial charge is 0.490 e. The summed E-state index contributed by atoms with van der Waals surface area (Å²) in [4.78, 5) is 12.3. The van der Waals surface area contributed by atoms with Crippen LogP contribution in [0.1, 0.15) is 31.2 Å². The molecular formula is C17H22F2N2O2. The van der Waals surface area contributed by atoms with E-state index in [1.807, 2.05) is 0 Å². The van der Waals surface area contributed by atoms with Gasteiger partial charge in [0, 0.05) is 30.8 Å². The maximum atomic E-state index is 14.2. The van der Waals surface area contributed by atoms with Crippen LogP contribution in [0.15, 0.2) is 12.1 Å². The van der Waals surface area contributed by atoms with Gasteiger partial charge in [-0.3, -0.25) is 9.69 Å². The number of ether oxygens (including phenoxy) is 1. The number of nitrogens with zero attached hydrogens (tertiary/aromatic N) is 1. The second-order valence-corrected chi connectivity index (χ2v) is 6.45. The van der Waals surface area contributed by atoms with E-state index in [9.17, 15) is 13.6 Å². The molecule has 1 saturated carbocycles. The molecule has 4 nitrogen and oxygen atoms in total. The minimum absolute atomic E-state index is 0.0308. The van der Waals surface area contributed by atoms with Crippen LogP contribution in [-0.2, 0) is 11.3 Å². The van der Waals surface area contributed by atoms with Gasteiger partial charge in [-0.05, 0) is 44.7 Å². The van der Waals surface area contributed by atoms with Gasteiger partial charge in [-0.1, -0.05) is 0 Å². The van der Waals surface area contributed by atoms with Crippen molar-refractivity contribution in [2.75, 3.05) is 19.6 Å². The Morgan fingerprint density at radius 2 is 1.87 bits per heavy atom. The van der Waals surface area contributed by atoms with Gasteiger partial charge in [0.25, 0.3) is 0 Å². The smallest absolute Gasteiger partial charge is 0.207 e. The fourth-order valence-corrected chi connectivity index (χ4v) is 3.31. The summed E-state index contributed by atoms with van der Waals surface area (Å²) in [6.07, 6.45) is 4.41. The van der Waals surface area contributed by atoms with E-state index in [0.717, 1.165) is 38.8 Å². The third kappa shape index (κ3) is 3.99. The summed E-state index contributed by atoms with van der Waals surface area (Å²) < 4.78 is 34.0. The van der Waals surface area contributed by atoms with E-state index < -0.39 is 11.6 Å². The van der Waals surface area contributed by atoms with Gasteiger partial charge < -0.3 is 10.1 Å². The highest BCUT2D eigenvalue weighted by Gasteiger charge is 2.31. The Morgan fingerprint density at radius 3 is 2.48 bits per heavy atom. The van der Waals surface area contributed by atoms with Crippen LogP contribution in [0.3, 0.4) is 0 Å². The quantitative estimate of drug-likeness (QED) is 0.784. The minimum atomic E-state index is -0.537. The first-order valence-electron chi connectivity index (χ1n) is 8.19. The molecule has 2 aliphatic rings. The van der Waals surface area contributed by atoms with Crippen molar-refractivity contribution in [1.29, 1.82) is 0 Å². The Balaban J connectivity index is 1.56. The lowest BCUT2D eigenvalue weighted by atomic mass is 9.82. The van der Waals surface area contributed by atoms with E-state index in [1.54, 1.807) is 0 Å². The number of hydrogen-bond acceptors (Lipinski definition) is 3. The molecule has 126 valence electrons. The highest BCUT2D eigenvalue weighted by molar-refractivity contribution is 5.45. The van der Waals surface area contributed by atoms with Crippen molar-refractivity contribution in [3.05, 3.63) is 29.3 Å². The minimum Gasteiger partial charge on any atom is -0.490 e. The predicted octanol–water partition coefficient (Wildman–Crippen LogP) is 2.46. The third-order valence-corrected chi connectivity index (χ3v) is 4.68. The van der Waals surface area contributed by atoms with Gasteiger partial charge in [-0.2, -0.15) is 0 Å². The van der Waals surface area contributed by atoms with Crippen molar-refractivity contribution >= 4 is 6.41 Å². The molecule has 0 spiro atoms. The van der Waals surface area contributed by atoms with Crippen molar-refractivity contribution in [3.63, 3.8) is 0 Å². The molecule has 1 aliphatic heterocycles. The van der Waals surface area contributed by atoms with Crippen molar-refractivity contribution in [2.45, 2.75) is 38.3 Å². The number of likely N-dealkylation sites (tertiary alicyclic amines) is 1. The van der Waals surface area contributed by atoms with Gasteiger partial charge in [0.1, 0.15) is 17.4 Å². The molecular weight excluding hydrogens is 302 g/mol. The lowest BCUT2D eigenvalue weighted by Crippen LogP contribution is -2.39. The number of benzene rings is 1. The number of amides is 1. The zero-order valence-electron chi connectivity index (χ0n) is 13.1. The van der Waals surface area contributed by atoms with Gasteiger partial charge in [-0.15, -0.1) is 0 Å². The molecule has 1 aliphatic carbocycles. The summed E-state index contributed by atoms with van der Waals surface area (Å²) in [5.41, 5.74) is 0.126. The van der Waals surface area contributed by atoms with Crippen molar-refractivity contribution in [3.8, 4) is 5.75 Å². The van der Waals surface area contributed by atoms with Gasteiger partial charge in [0.15, 0.2) is 0 Å². The molecule has 1 aromatic carbocycles. The molecule has 0 radical (unpaired) electrons. The summed E-state index contributed by atoms with van der Waals surface area (Å²) in [6.45, 7) is 2.74. The Labute approximate surface area is 134 Å². The Bertz CT molecular complexity index is 533. The molecule has 2 fully saturated rings. The molecule has 0 aromatic heterocycles. The van der Waals surface area contributed by atoms with Crippen LogP contribution in [0.4, 0.5) is 8.78 Å². The van der Waals surface area contributed by atoms with E-state index >= 15 is 0 Å². The maximum Gasteiger partial charge on any atom is 0.207 e. The van der Waals surface area contributed by atoms with E-state index in [0.29, 0.717) is 25.4 Å². The van der Waals surface area contributed by atoms with Gasteiger partial charge in [-0.25, -0.2) is 8.78 Å². The van der Waals surface area contributed by atoms with E-state index in [2.05, 4.69) is 10.2 Å². The van der Waals surface area contributed by atoms with Crippen molar-refractivity contribution < 1.29 is 18.3 Å². The fraction of sp³-hybridized carbons (Fsp3) is 0.588. The number of halogens is 2. The van der Waals surface area contributed by atoms with E-state index in [-0.39, 0.29) is 17.4 Å². The average Bonchev–Trinajstić information content (AvgIpc) is 2.98. The molecule has 1 amide bonds. The molecule has 1 aromatic rings. The third-order valence-electron chi connectivity index (χ3n) is 4.68. The Morgan fingerprint density at radius 1 is 1.22 bits per heavy atom. The van der Waals surface area contributed by atoms with Gasteiger partial charge >= 0.3 is 0 Å². The second kappa shape index (κ2) is 7.25. The molecule has 3 rings (SSSR count). The first-order valence-corrected chi connectivity index (χ1v) is 8.19. The number of carbonyl (C=O) groups is 1. The fourth-order valence-electron chi connectivity index (χ4n) is 3.31. The number of nitrogens with one attached hydrogen (secondary N) is 1. The van der Waals surface area contributed by atoms with Crippen LogP contribution >= 0.6 is 0 Å². The first kappa shape index (κ1) is 16.2. The lowest BCUT2D eigenvalue weighted by Gasteiger charge is -2.35. The molecule has 23 heavy (non-hydrogen) atoms. The standard InChI is InChI=1S/C17H22F2N2O2/c18-16-7-14(23-13-5-12(6-13)9-20-11-22)8-17(19)15(16)10-21-3-1-2-4-21/h7-8,11-13H,1-6,9-10H2,(H,20,22). The number of rotatable bonds is 7. The van der Waals surface area contributed by atoms with Crippen LogP contribution in [-0.4, -0.2) is 37.0 Å². The molecule has 6 heteroatoms. The van der Waals surface area contributed by atoms with Crippen molar-refractivity contribution in [2.24, 2.45) is 5.92 Å². The number of carbonyl (C=O) groups excluding carboxylic acids is 1. The van der Waals surface area contributed by atoms with Crippen LogP contribution < -0.4 is 10.1 Å². The molecule has 1 N–H and O–H groups in total. The zero-order chi connectivity index (χ0) is 16.2. The summed E-state index contributed by atoms with van der Waals surface area (Å²) >= 11 is 0. The monoisotopic (exact) mass is 324 g/mol. The van der Waals surface area contributed by atoms with Crippen molar-refractivity contribution in [1.82, 2.24) is 10.2 Å². The lowest BCUT2D eigenvalue weighted by molar-refractivity contribution is -0.110. The highest BCUT2D eigenvalue weighted by Crippen LogP contribution is 2.32. The SMILES string of the molecule is O=CNCC1CC(Oc2cc(F)c(CN3CCCC3)c(F)c2)C1. The first-order chi connectivity index (χ1) is 11.2. The summed E-state index contributed by atoms with van der Waals surface area (Å²) in [6, 6.07) is 2.57. The van der Waals surface area contributed by atoms with E-state index in [4.69, 9.17) is 4.74 Å². The van der Waals surface area contributed by atoms with Crippen LogP contribution in [0.2, 0.25) is 0 Å². The molecule has 0 atom stereocenters. The van der Waals surface area contributed by atoms with Gasteiger partial charge in [0.2, 0.25) is 6.41 Å². The average molecular weight is 324 g/mol.